The fourth-order valence-electron chi connectivity index (χ4n) is 2.81. The smallest absolute Gasteiger partial charge is 0.225 e. The predicted octanol–water partition coefficient (Wildman–Crippen LogP) is 2.02. The van der Waals surface area contributed by atoms with Gasteiger partial charge in [0.2, 0.25) is 5.91 Å². The van der Waals surface area contributed by atoms with Gasteiger partial charge in [-0.2, -0.15) is 0 Å². The first-order valence-electron chi connectivity index (χ1n) is 7.24. The second-order valence-corrected chi connectivity index (χ2v) is 5.65. The monoisotopic (exact) mass is 238 g/mol. The van der Waals surface area contributed by atoms with Crippen molar-refractivity contribution in [2.45, 2.75) is 52.0 Å². The highest BCUT2D eigenvalue weighted by molar-refractivity contribution is 5.79. The minimum atomic E-state index is 0.249. The molecule has 3 heteroatoms. The molecule has 98 valence electrons. The van der Waals surface area contributed by atoms with Gasteiger partial charge in [0.1, 0.15) is 0 Å². The molecule has 1 amide bonds. The Morgan fingerprint density at radius 2 is 2.12 bits per heavy atom. The number of carbonyl (C=O) groups excluding carboxylic acids is 1. The first-order chi connectivity index (χ1) is 8.22. The lowest BCUT2D eigenvalue weighted by molar-refractivity contribution is -0.135. The van der Waals surface area contributed by atoms with E-state index < -0.39 is 0 Å². The predicted molar refractivity (Wildman–Crippen MR) is 69.8 cm³/mol. The van der Waals surface area contributed by atoms with Gasteiger partial charge in [-0.3, -0.25) is 4.79 Å². The zero-order valence-electron chi connectivity index (χ0n) is 11.2. The van der Waals surface area contributed by atoms with E-state index in [2.05, 4.69) is 24.1 Å². The van der Waals surface area contributed by atoms with Crippen molar-refractivity contribution in [3.63, 3.8) is 0 Å². The van der Waals surface area contributed by atoms with Crippen molar-refractivity contribution in [1.82, 2.24) is 10.2 Å². The van der Waals surface area contributed by atoms with Crippen LogP contribution in [0, 0.1) is 11.8 Å². The van der Waals surface area contributed by atoms with E-state index in [1.54, 1.807) is 0 Å². The molecule has 0 aromatic rings. The highest BCUT2D eigenvalue weighted by Gasteiger charge is 2.35. The zero-order chi connectivity index (χ0) is 12.3. The topological polar surface area (TPSA) is 32.3 Å². The van der Waals surface area contributed by atoms with E-state index in [0.717, 1.165) is 19.6 Å². The first-order valence-corrected chi connectivity index (χ1v) is 7.24. The Labute approximate surface area is 105 Å². The van der Waals surface area contributed by atoms with E-state index >= 15 is 0 Å². The molecule has 3 nitrogen and oxygen atoms in total. The van der Waals surface area contributed by atoms with Crippen molar-refractivity contribution in [3.05, 3.63) is 0 Å². The van der Waals surface area contributed by atoms with E-state index in [0.29, 0.717) is 17.9 Å². The van der Waals surface area contributed by atoms with Gasteiger partial charge < -0.3 is 10.2 Å². The number of piperidine rings is 1. The average molecular weight is 238 g/mol. The number of amides is 1. The van der Waals surface area contributed by atoms with E-state index in [1.807, 2.05) is 0 Å². The maximum Gasteiger partial charge on any atom is 0.225 e. The molecule has 0 aromatic carbocycles. The maximum absolute atomic E-state index is 12.3. The van der Waals surface area contributed by atoms with Crippen molar-refractivity contribution in [2.75, 3.05) is 19.6 Å². The molecule has 1 saturated carbocycles. The summed E-state index contributed by atoms with van der Waals surface area (Å²) in [6.07, 6.45) is 6.33. The highest BCUT2D eigenvalue weighted by Crippen LogP contribution is 2.37. The largest absolute Gasteiger partial charge is 0.341 e. The normalized spacial score (nSPS) is 26.6. The maximum atomic E-state index is 12.3. The molecule has 1 aliphatic carbocycles. The molecule has 2 fully saturated rings. The van der Waals surface area contributed by atoms with Crippen LogP contribution in [0.4, 0.5) is 0 Å². The molecule has 0 radical (unpaired) electrons. The molecule has 2 aliphatic rings. The molecule has 17 heavy (non-hydrogen) atoms. The molecule has 2 unspecified atom stereocenters. The summed E-state index contributed by atoms with van der Waals surface area (Å²) in [4.78, 5) is 14.4. The molecule has 1 N–H and O–H groups in total. The summed E-state index contributed by atoms with van der Waals surface area (Å²) in [6.45, 7) is 7.09. The van der Waals surface area contributed by atoms with Gasteiger partial charge in [-0.05, 0) is 45.1 Å². The van der Waals surface area contributed by atoms with Crippen LogP contribution < -0.4 is 5.32 Å². The Hall–Kier alpha value is -0.570. The molecule has 1 aliphatic heterocycles. The van der Waals surface area contributed by atoms with Crippen molar-refractivity contribution in [1.29, 1.82) is 0 Å². The summed E-state index contributed by atoms with van der Waals surface area (Å²) in [5, 5.41) is 3.53. The number of hydrogen-bond donors (Lipinski definition) is 1. The van der Waals surface area contributed by atoms with Gasteiger partial charge in [0.25, 0.3) is 0 Å². The molecular weight excluding hydrogens is 212 g/mol. The van der Waals surface area contributed by atoms with Crippen molar-refractivity contribution in [2.24, 2.45) is 11.8 Å². The fourth-order valence-corrected chi connectivity index (χ4v) is 2.81. The minimum Gasteiger partial charge on any atom is -0.341 e. The number of carbonyl (C=O) groups is 1. The van der Waals surface area contributed by atoms with E-state index in [9.17, 15) is 4.79 Å². The molecule has 0 bridgehead atoms. The molecule has 2 rings (SSSR count). The van der Waals surface area contributed by atoms with Crippen molar-refractivity contribution in [3.8, 4) is 0 Å². The van der Waals surface area contributed by atoms with Crippen LogP contribution in [-0.2, 0) is 4.79 Å². The number of hydrogen-bond acceptors (Lipinski definition) is 2. The van der Waals surface area contributed by atoms with Crippen LogP contribution in [0.15, 0.2) is 0 Å². The molecule has 1 heterocycles. The number of likely N-dealkylation sites (N-methyl/N-ethyl adjacent to an activating group) is 1. The van der Waals surface area contributed by atoms with E-state index in [1.165, 1.54) is 32.1 Å². The summed E-state index contributed by atoms with van der Waals surface area (Å²) in [5.41, 5.74) is 0. The lowest BCUT2D eigenvalue weighted by Gasteiger charge is -2.31. The summed E-state index contributed by atoms with van der Waals surface area (Å²) in [7, 11) is 0. The van der Waals surface area contributed by atoms with Gasteiger partial charge in [0.05, 0.1) is 0 Å². The van der Waals surface area contributed by atoms with E-state index in [4.69, 9.17) is 0 Å². The van der Waals surface area contributed by atoms with Crippen LogP contribution >= 0.6 is 0 Å². The lowest BCUT2D eigenvalue weighted by atomic mass is 10.0. The second kappa shape index (κ2) is 5.85. The number of nitrogens with one attached hydrogen (secondary N) is 1. The molecule has 2 atom stereocenters. The Morgan fingerprint density at radius 3 is 2.65 bits per heavy atom. The summed E-state index contributed by atoms with van der Waals surface area (Å²) in [6, 6.07) is 0.527. The van der Waals surface area contributed by atoms with Crippen LogP contribution in [-0.4, -0.2) is 36.5 Å². The minimum absolute atomic E-state index is 0.249. The van der Waals surface area contributed by atoms with Crippen LogP contribution in [0.5, 0.6) is 0 Å². The second-order valence-electron chi connectivity index (χ2n) is 5.65. The van der Waals surface area contributed by atoms with Crippen molar-refractivity contribution >= 4 is 5.91 Å². The molecule has 0 spiro atoms. The third-order valence-corrected chi connectivity index (χ3v) is 4.27. The summed E-state index contributed by atoms with van der Waals surface area (Å²) < 4.78 is 0. The van der Waals surface area contributed by atoms with Gasteiger partial charge in [0, 0.05) is 25.0 Å². The van der Waals surface area contributed by atoms with Crippen LogP contribution in [0.25, 0.3) is 0 Å². The number of rotatable bonds is 5. The Kier molecular flexibility index (Phi) is 4.43. The van der Waals surface area contributed by atoms with Gasteiger partial charge >= 0.3 is 0 Å². The highest BCUT2D eigenvalue weighted by atomic mass is 16.2. The third kappa shape index (κ3) is 3.44. The van der Waals surface area contributed by atoms with Gasteiger partial charge in [-0.25, -0.2) is 0 Å². The van der Waals surface area contributed by atoms with Crippen LogP contribution in [0.2, 0.25) is 0 Å². The average Bonchev–Trinajstić information content (AvgIpc) is 3.19. The lowest BCUT2D eigenvalue weighted by Crippen LogP contribution is -2.47. The number of nitrogens with zero attached hydrogens (tertiary/aromatic N) is 1. The summed E-state index contributed by atoms with van der Waals surface area (Å²) in [5.74, 6) is 1.30. The standard InChI is InChI=1S/C14H26N2O/c1-3-16(10-13-6-4-5-9-15-13)14(17)11(2)12-7-8-12/h11-13,15H,3-10H2,1-2H3. The van der Waals surface area contributed by atoms with Gasteiger partial charge in [-0.1, -0.05) is 13.3 Å². The molecule has 1 saturated heterocycles. The Morgan fingerprint density at radius 1 is 1.35 bits per heavy atom. The fraction of sp³-hybridized carbons (Fsp3) is 0.929. The van der Waals surface area contributed by atoms with Gasteiger partial charge in [0.15, 0.2) is 0 Å². The van der Waals surface area contributed by atoms with E-state index in [-0.39, 0.29) is 5.92 Å². The quantitative estimate of drug-likeness (QED) is 0.795. The Balaban J connectivity index is 1.83. The SMILES string of the molecule is CCN(CC1CCCCN1)C(=O)C(C)C1CC1. The van der Waals surface area contributed by atoms with Crippen LogP contribution in [0.3, 0.4) is 0 Å². The summed E-state index contributed by atoms with van der Waals surface area (Å²) >= 11 is 0. The van der Waals surface area contributed by atoms with Crippen molar-refractivity contribution < 1.29 is 4.79 Å². The first kappa shape index (κ1) is 12.9. The zero-order valence-corrected chi connectivity index (χ0v) is 11.2. The molecule has 0 aromatic heterocycles. The Bertz CT molecular complexity index is 257. The third-order valence-electron chi connectivity index (χ3n) is 4.27. The van der Waals surface area contributed by atoms with Gasteiger partial charge in [-0.15, -0.1) is 0 Å². The molecular formula is C14H26N2O. The van der Waals surface area contributed by atoms with Crippen LogP contribution in [0.1, 0.15) is 46.0 Å².